The van der Waals surface area contributed by atoms with Gasteiger partial charge in [0, 0.05) is 18.3 Å². The van der Waals surface area contributed by atoms with Crippen molar-refractivity contribution >= 4 is 23.2 Å². The van der Waals surface area contributed by atoms with Crippen LogP contribution in [0.2, 0.25) is 5.02 Å². The molecule has 0 atom stereocenters. The molecule has 0 radical (unpaired) electrons. The Balaban J connectivity index is 1.76. The van der Waals surface area contributed by atoms with Gasteiger partial charge in [-0.3, -0.25) is 9.36 Å². The summed E-state index contributed by atoms with van der Waals surface area (Å²) >= 11 is 5.74. The third-order valence-electron chi connectivity index (χ3n) is 3.52. The minimum absolute atomic E-state index is 0.0245. The van der Waals surface area contributed by atoms with E-state index in [9.17, 15) is 22.4 Å². The molecule has 1 amide bonds. The third kappa shape index (κ3) is 3.79. The van der Waals surface area contributed by atoms with Crippen LogP contribution in [0.15, 0.2) is 18.5 Å². The van der Waals surface area contributed by atoms with Crippen molar-refractivity contribution in [1.29, 1.82) is 0 Å². The Morgan fingerprint density at radius 1 is 1.33 bits per heavy atom. The van der Waals surface area contributed by atoms with Crippen LogP contribution in [-0.2, 0) is 6.54 Å². The predicted molar refractivity (Wildman–Crippen MR) is 84.0 cm³/mol. The zero-order valence-electron chi connectivity index (χ0n) is 13.5. The van der Waals surface area contributed by atoms with Crippen LogP contribution in [0.5, 0.6) is 5.88 Å². The first-order valence-electron chi connectivity index (χ1n) is 7.36. The van der Waals surface area contributed by atoms with E-state index in [-0.39, 0.29) is 28.6 Å². The number of ether oxygens (including phenoxy) is 1. The molecule has 1 N–H and O–H groups in total. The number of amides is 1. The van der Waals surface area contributed by atoms with Gasteiger partial charge in [-0.15, -0.1) is 9.73 Å². The van der Waals surface area contributed by atoms with Gasteiger partial charge >= 0.3 is 13.2 Å². The standard InChI is InChI=1S/C14H11ClF4N6O2/c1-6-23-25-12(24(6)13(16)17)8(5-22-25)4-20-10(26)7-2-9(15)11(21-3-7)27-14(18)19/h2-3,5,13-14H,4H2,1H3,(H,20,26). The van der Waals surface area contributed by atoms with Gasteiger partial charge in [-0.1, -0.05) is 11.6 Å². The number of nitrogens with zero attached hydrogens (tertiary/aromatic N) is 5. The molecule has 0 bridgehead atoms. The van der Waals surface area contributed by atoms with Gasteiger partial charge < -0.3 is 10.1 Å². The molecule has 0 unspecified atom stereocenters. The SMILES string of the molecule is Cc1nn2ncc(CNC(=O)c3cnc(OC(F)F)c(Cl)c3)c2n1C(F)F. The molecule has 3 aromatic rings. The number of pyridine rings is 1. The average Bonchev–Trinajstić information content (AvgIpc) is 3.11. The van der Waals surface area contributed by atoms with Gasteiger partial charge in [0.15, 0.2) is 5.65 Å². The summed E-state index contributed by atoms with van der Waals surface area (Å²) in [5.74, 6) is -1.10. The maximum atomic E-state index is 13.2. The maximum Gasteiger partial charge on any atom is 0.388 e. The summed E-state index contributed by atoms with van der Waals surface area (Å²) in [6.07, 6.45) is 2.30. The van der Waals surface area contributed by atoms with Crippen molar-refractivity contribution < 1.29 is 27.1 Å². The highest BCUT2D eigenvalue weighted by atomic mass is 35.5. The molecule has 27 heavy (non-hydrogen) atoms. The van der Waals surface area contributed by atoms with Crippen molar-refractivity contribution in [2.24, 2.45) is 0 Å². The maximum absolute atomic E-state index is 13.2. The molecular weight excluding hydrogens is 396 g/mol. The Bertz CT molecular complexity index is 990. The lowest BCUT2D eigenvalue weighted by Gasteiger charge is -2.08. The van der Waals surface area contributed by atoms with E-state index in [2.05, 4.69) is 25.2 Å². The molecule has 3 heterocycles. The van der Waals surface area contributed by atoms with Gasteiger partial charge in [0.05, 0.1) is 11.8 Å². The molecule has 0 aliphatic heterocycles. The highest BCUT2D eigenvalue weighted by Crippen LogP contribution is 2.24. The Morgan fingerprint density at radius 3 is 2.70 bits per heavy atom. The minimum Gasteiger partial charge on any atom is -0.415 e. The lowest BCUT2D eigenvalue weighted by atomic mass is 10.2. The number of halogens is 5. The summed E-state index contributed by atoms with van der Waals surface area (Å²) in [4.78, 5) is 15.7. The van der Waals surface area contributed by atoms with Crippen LogP contribution in [0.25, 0.3) is 5.65 Å². The quantitative estimate of drug-likeness (QED) is 0.636. The summed E-state index contributed by atoms with van der Waals surface area (Å²) in [6, 6.07) is 1.10. The van der Waals surface area contributed by atoms with Crippen LogP contribution in [-0.4, -0.2) is 36.9 Å². The number of nitrogens with one attached hydrogen (secondary N) is 1. The van der Waals surface area contributed by atoms with Crippen LogP contribution in [0, 0.1) is 6.92 Å². The summed E-state index contributed by atoms with van der Waals surface area (Å²) in [7, 11) is 0. The lowest BCUT2D eigenvalue weighted by molar-refractivity contribution is -0.0527. The van der Waals surface area contributed by atoms with Crippen LogP contribution >= 0.6 is 11.6 Å². The number of fused-ring (bicyclic) bond motifs is 1. The smallest absolute Gasteiger partial charge is 0.388 e. The molecule has 0 aromatic carbocycles. The monoisotopic (exact) mass is 406 g/mol. The van der Waals surface area contributed by atoms with Gasteiger partial charge in [0.2, 0.25) is 5.88 Å². The molecule has 0 saturated carbocycles. The molecule has 0 spiro atoms. The third-order valence-corrected chi connectivity index (χ3v) is 3.79. The minimum atomic E-state index is -3.11. The van der Waals surface area contributed by atoms with E-state index >= 15 is 0 Å². The summed E-state index contributed by atoms with van der Waals surface area (Å²) in [6.45, 7) is -4.67. The number of aryl methyl sites for hydroxylation is 1. The largest absolute Gasteiger partial charge is 0.415 e. The zero-order chi connectivity index (χ0) is 19.7. The fourth-order valence-electron chi connectivity index (χ4n) is 2.38. The Labute approximate surface area is 153 Å². The first-order chi connectivity index (χ1) is 12.8. The van der Waals surface area contributed by atoms with Crippen molar-refractivity contribution in [3.8, 4) is 5.88 Å². The summed E-state index contributed by atoms with van der Waals surface area (Å²) in [5, 5.41) is 9.94. The van der Waals surface area contributed by atoms with E-state index in [4.69, 9.17) is 11.6 Å². The average molecular weight is 407 g/mol. The lowest BCUT2D eigenvalue weighted by Crippen LogP contribution is -2.23. The highest BCUT2D eigenvalue weighted by molar-refractivity contribution is 6.32. The van der Waals surface area contributed by atoms with E-state index in [0.717, 1.165) is 16.9 Å². The molecule has 13 heteroatoms. The Hall–Kier alpha value is -2.89. The number of hydrogen-bond donors (Lipinski definition) is 1. The number of hydrogen-bond acceptors (Lipinski definition) is 5. The number of carbonyl (C=O) groups excluding carboxylic acids is 1. The second-order valence-corrected chi connectivity index (χ2v) is 5.66. The molecule has 0 aliphatic rings. The van der Waals surface area contributed by atoms with E-state index < -0.39 is 24.9 Å². The van der Waals surface area contributed by atoms with Crippen LogP contribution in [0.1, 0.15) is 28.3 Å². The molecule has 3 aromatic heterocycles. The van der Waals surface area contributed by atoms with E-state index in [1.54, 1.807) is 0 Å². The van der Waals surface area contributed by atoms with Crippen molar-refractivity contribution in [1.82, 2.24) is 29.7 Å². The first-order valence-corrected chi connectivity index (χ1v) is 7.74. The summed E-state index contributed by atoms with van der Waals surface area (Å²) < 4.78 is 56.6. The van der Waals surface area contributed by atoms with Gasteiger partial charge in [0.25, 0.3) is 5.91 Å². The molecule has 0 fully saturated rings. The number of rotatable bonds is 6. The molecule has 144 valence electrons. The normalized spacial score (nSPS) is 11.6. The van der Waals surface area contributed by atoms with Crippen molar-refractivity contribution in [2.75, 3.05) is 0 Å². The van der Waals surface area contributed by atoms with Crippen molar-refractivity contribution in [3.05, 3.63) is 40.4 Å². The van der Waals surface area contributed by atoms with Gasteiger partial charge in [-0.05, 0) is 13.0 Å². The predicted octanol–water partition coefficient (Wildman–Crippen LogP) is 2.81. The molecule has 0 aliphatic carbocycles. The van der Waals surface area contributed by atoms with Crippen molar-refractivity contribution in [3.63, 3.8) is 0 Å². The topological polar surface area (TPSA) is 86.3 Å². The van der Waals surface area contributed by atoms with Gasteiger partial charge in [0.1, 0.15) is 10.8 Å². The van der Waals surface area contributed by atoms with Gasteiger partial charge in [-0.2, -0.15) is 22.7 Å². The van der Waals surface area contributed by atoms with Crippen LogP contribution < -0.4 is 10.1 Å². The van der Waals surface area contributed by atoms with Gasteiger partial charge in [-0.25, -0.2) is 4.98 Å². The molecule has 8 nitrogen and oxygen atoms in total. The first kappa shape index (κ1) is 18.9. The fourth-order valence-corrected chi connectivity index (χ4v) is 2.60. The fraction of sp³-hybridized carbons (Fsp3) is 0.286. The van der Waals surface area contributed by atoms with E-state index in [0.29, 0.717) is 10.1 Å². The Kier molecular flexibility index (Phi) is 5.17. The molecular formula is C14H11ClF4N6O2. The van der Waals surface area contributed by atoms with Crippen molar-refractivity contribution in [2.45, 2.75) is 26.6 Å². The summed E-state index contributed by atoms with van der Waals surface area (Å²) in [5.41, 5.74) is 0.323. The molecule has 0 saturated heterocycles. The second-order valence-electron chi connectivity index (χ2n) is 5.25. The number of alkyl halides is 4. The second kappa shape index (κ2) is 7.39. The van der Waals surface area contributed by atoms with E-state index in [1.807, 2.05) is 0 Å². The highest BCUT2D eigenvalue weighted by Gasteiger charge is 2.20. The molecule has 3 rings (SSSR count). The number of aromatic nitrogens is 5. The van der Waals surface area contributed by atoms with Crippen LogP contribution in [0.3, 0.4) is 0 Å². The number of carbonyl (C=O) groups is 1. The van der Waals surface area contributed by atoms with E-state index in [1.165, 1.54) is 13.1 Å². The Morgan fingerprint density at radius 2 is 2.07 bits per heavy atom. The zero-order valence-corrected chi connectivity index (χ0v) is 14.3. The van der Waals surface area contributed by atoms with Crippen LogP contribution in [0.4, 0.5) is 17.6 Å².